The molecular formula is C18H20N2O2. The Kier molecular flexibility index (Phi) is 5.31. The topological polar surface area (TPSA) is 50.7 Å². The van der Waals surface area contributed by atoms with Crippen molar-refractivity contribution in [1.82, 2.24) is 0 Å². The van der Waals surface area contributed by atoms with Crippen molar-refractivity contribution in [3.63, 3.8) is 0 Å². The molecule has 0 amide bonds. The second kappa shape index (κ2) is 7.41. The van der Waals surface area contributed by atoms with Crippen molar-refractivity contribution < 1.29 is 9.53 Å². The van der Waals surface area contributed by atoms with Gasteiger partial charge < -0.3 is 4.74 Å². The monoisotopic (exact) mass is 296 g/mol. The van der Waals surface area contributed by atoms with Gasteiger partial charge in [-0.2, -0.15) is 5.10 Å². The highest BCUT2D eigenvalue weighted by molar-refractivity contribution is 5.99. The Morgan fingerprint density at radius 1 is 1.05 bits per heavy atom. The molecule has 1 N–H and O–H groups in total. The van der Waals surface area contributed by atoms with Crippen LogP contribution in [0.5, 0.6) is 0 Å². The minimum atomic E-state index is -0.312. The lowest BCUT2D eigenvalue weighted by Crippen LogP contribution is -2.04. The molecule has 2 aromatic carbocycles. The van der Waals surface area contributed by atoms with Crippen LogP contribution in [0.2, 0.25) is 0 Å². The van der Waals surface area contributed by atoms with Gasteiger partial charge in [0, 0.05) is 0 Å². The summed E-state index contributed by atoms with van der Waals surface area (Å²) < 4.78 is 4.95. The molecule has 0 bridgehead atoms. The zero-order valence-electron chi connectivity index (χ0n) is 13.1. The van der Waals surface area contributed by atoms with Gasteiger partial charge in [0.25, 0.3) is 0 Å². The summed E-state index contributed by atoms with van der Waals surface area (Å²) in [7, 11) is 0. The number of hydrazone groups is 1. The van der Waals surface area contributed by atoms with Gasteiger partial charge in [-0.05, 0) is 50.6 Å². The predicted molar refractivity (Wildman–Crippen MR) is 89.4 cm³/mol. The lowest BCUT2D eigenvalue weighted by molar-refractivity contribution is 0.0526. The number of aryl methyl sites for hydroxylation is 1. The Hall–Kier alpha value is -2.62. The minimum Gasteiger partial charge on any atom is -0.462 e. The molecule has 22 heavy (non-hydrogen) atoms. The van der Waals surface area contributed by atoms with Gasteiger partial charge >= 0.3 is 5.97 Å². The molecule has 0 aliphatic heterocycles. The lowest BCUT2D eigenvalue weighted by Gasteiger charge is -2.05. The van der Waals surface area contributed by atoms with Crippen molar-refractivity contribution in [2.45, 2.75) is 20.8 Å². The van der Waals surface area contributed by atoms with Gasteiger partial charge in [-0.1, -0.05) is 29.8 Å². The minimum absolute atomic E-state index is 0.312. The van der Waals surface area contributed by atoms with Crippen LogP contribution in [0, 0.1) is 6.92 Å². The molecule has 0 saturated heterocycles. The molecule has 0 aromatic heterocycles. The summed E-state index contributed by atoms with van der Waals surface area (Å²) in [5, 5.41) is 4.36. The normalized spacial score (nSPS) is 11.1. The molecule has 0 spiro atoms. The summed E-state index contributed by atoms with van der Waals surface area (Å²) in [6.07, 6.45) is 0. The van der Waals surface area contributed by atoms with Crippen molar-refractivity contribution in [2.24, 2.45) is 5.10 Å². The summed E-state index contributed by atoms with van der Waals surface area (Å²) >= 11 is 0. The molecule has 114 valence electrons. The number of hydrogen-bond acceptors (Lipinski definition) is 4. The second-order valence-electron chi connectivity index (χ2n) is 4.97. The average Bonchev–Trinajstić information content (AvgIpc) is 2.54. The van der Waals surface area contributed by atoms with Crippen LogP contribution >= 0.6 is 0 Å². The van der Waals surface area contributed by atoms with E-state index >= 15 is 0 Å². The number of nitrogens with one attached hydrogen (secondary N) is 1. The SMILES string of the molecule is CCOC(=O)c1ccc(N/N=C(/C)c2ccc(C)cc2)cc1. The van der Waals surface area contributed by atoms with Crippen LogP contribution in [0.15, 0.2) is 53.6 Å². The van der Waals surface area contributed by atoms with E-state index in [1.807, 2.05) is 19.1 Å². The molecule has 4 nitrogen and oxygen atoms in total. The zero-order valence-corrected chi connectivity index (χ0v) is 13.1. The van der Waals surface area contributed by atoms with E-state index < -0.39 is 0 Å². The fraction of sp³-hybridized carbons (Fsp3) is 0.222. The fourth-order valence-electron chi connectivity index (χ4n) is 1.90. The number of carbonyl (C=O) groups is 1. The Morgan fingerprint density at radius 2 is 1.64 bits per heavy atom. The molecule has 0 aliphatic carbocycles. The van der Waals surface area contributed by atoms with Crippen LogP contribution in [-0.4, -0.2) is 18.3 Å². The number of benzene rings is 2. The maximum Gasteiger partial charge on any atom is 0.338 e. The first-order chi connectivity index (χ1) is 10.6. The number of rotatable bonds is 5. The van der Waals surface area contributed by atoms with Gasteiger partial charge in [0.1, 0.15) is 0 Å². The van der Waals surface area contributed by atoms with E-state index in [0.29, 0.717) is 12.2 Å². The summed E-state index contributed by atoms with van der Waals surface area (Å²) in [5.41, 5.74) is 7.53. The van der Waals surface area contributed by atoms with Crippen LogP contribution < -0.4 is 5.43 Å². The van der Waals surface area contributed by atoms with Crippen LogP contribution in [-0.2, 0) is 4.74 Å². The maximum atomic E-state index is 11.6. The highest BCUT2D eigenvalue weighted by Gasteiger charge is 2.05. The van der Waals surface area contributed by atoms with Crippen LogP contribution in [0.1, 0.15) is 35.3 Å². The lowest BCUT2D eigenvalue weighted by atomic mass is 10.1. The highest BCUT2D eigenvalue weighted by Crippen LogP contribution is 2.11. The van der Waals surface area contributed by atoms with E-state index in [9.17, 15) is 4.79 Å². The first kappa shape index (κ1) is 15.8. The molecule has 0 heterocycles. The van der Waals surface area contributed by atoms with Gasteiger partial charge in [0.05, 0.1) is 23.6 Å². The van der Waals surface area contributed by atoms with Gasteiger partial charge in [-0.15, -0.1) is 0 Å². The number of esters is 1. The Labute approximate surface area is 130 Å². The molecule has 0 aliphatic rings. The van der Waals surface area contributed by atoms with E-state index in [0.717, 1.165) is 17.0 Å². The van der Waals surface area contributed by atoms with Crippen LogP contribution in [0.3, 0.4) is 0 Å². The predicted octanol–water partition coefficient (Wildman–Crippen LogP) is 4.01. The summed E-state index contributed by atoms with van der Waals surface area (Å²) in [6, 6.07) is 15.2. The third-order valence-electron chi connectivity index (χ3n) is 3.22. The molecular weight excluding hydrogens is 276 g/mol. The highest BCUT2D eigenvalue weighted by atomic mass is 16.5. The molecule has 4 heteroatoms. The van der Waals surface area contributed by atoms with Gasteiger partial charge in [-0.3, -0.25) is 5.43 Å². The number of ether oxygens (including phenoxy) is 1. The summed E-state index contributed by atoms with van der Waals surface area (Å²) in [4.78, 5) is 11.6. The smallest absolute Gasteiger partial charge is 0.338 e. The second-order valence-corrected chi connectivity index (χ2v) is 4.97. The molecule has 0 saturated carbocycles. The van der Waals surface area contributed by atoms with E-state index in [2.05, 4.69) is 29.6 Å². The third-order valence-corrected chi connectivity index (χ3v) is 3.22. The Bertz CT molecular complexity index is 658. The fourth-order valence-corrected chi connectivity index (χ4v) is 1.90. The molecule has 2 aromatic rings. The quantitative estimate of drug-likeness (QED) is 0.515. The first-order valence-corrected chi connectivity index (χ1v) is 7.24. The maximum absolute atomic E-state index is 11.6. The molecule has 2 rings (SSSR count). The molecule has 0 fully saturated rings. The average molecular weight is 296 g/mol. The van der Waals surface area contributed by atoms with Crippen LogP contribution in [0.25, 0.3) is 0 Å². The van der Waals surface area contributed by atoms with E-state index in [4.69, 9.17) is 4.74 Å². The molecule has 0 atom stereocenters. The van der Waals surface area contributed by atoms with E-state index in [-0.39, 0.29) is 5.97 Å². The van der Waals surface area contributed by atoms with Gasteiger partial charge in [0.2, 0.25) is 0 Å². The van der Waals surface area contributed by atoms with Crippen molar-refractivity contribution >= 4 is 17.4 Å². The van der Waals surface area contributed by atoms with E-state index in [1.165, 1.54) is 5.56 Å². The summed E-state index contributed by atoms with van der Waals surface area (Å²) in [6.45, 7) is 6.17. The molecule has 0 unspecified atom stereocenters. The first-order valence-electron chi connectivity index (χ1n) is 7.24. The van der Waals surface area contributed by atoms with E-state index in [1.54, 1.807) is 31.2 Å². The summed E-state index contributed by atoms with van der Waals surface area (Å²) in [5.74, 6) is -0.312. The Morgan fingerprint density at radius 3 is 2.23 bits per heavy atom. The number of anilines is 1. The molecule has 0 radical (unpaired) electrons. The van der Waals surface area contributed by atoms with Gasteiger partial charge in [-0.25, -0.2) is 4.79 Å². The number of nitrogens with zero attached hydrogens (tertiary/aromatic N) is 1. The van der Waals surface area contributed by atoms with Crippen molar-refractivity contribution in [2.75, 3.05) is 12.0 Å². The number of carbonyl (C=O) groups excluding carboxylic acids is 1. The largest absolute Gasteiger partial charge is 0.462 e. The van der Waals surface area contributed by atoms with Crippen molar-refractivity contribution in [3.05, 3.63) is 65.2 Å². The standard InChI is InChI=1S/C18H20N2O2/c1-4-22-18(21)16-9-11-17(12-10-16)20-19-14(3)15-7-5-13(2)6-8-15/h5-12,20H,4H2,1-3H3/b19-14-. The number of hydrogen-bond donors (Lipinski definition) is 1. The van der Waals surface area contributed by atoms with Crippen molar-refractivity contribution in [3.8, 4) is 0 Å². The van der Waals surface area contributed by atoms with Crippen LogP contribution in [0.4, 0.5) is 5.69 Å². The Balaban J connectivity index is 2.03. The van der Waals surface area contributed by atoms with Gasteiger partial charge in [0.15, 0.2) is 0 Å². The van der Waals surface area contributed by atoms with Crippen molar-refractivity contribution in [1.29, 1.82) is 0 Å². The zero-order chi connectivity index (χ0) is 15.9. The third kappa shape index (κ3) is 4.19.